The third kappa shape index (κ3) is 2.76. The fraction of sp³-hybridized carbons (Fsp3) is 0.400. The molecule has 6 nitrogen and oxygen atoms in total. The van der Waals surface area contributed by atoms with Gasteiger partial charge in [-0.3, -0.25) is 15.8 Å². The van der Waals surface area contributed by atoms with Gasteiger partial charge in [-0.15, -0.1) is 0 Å². The number of amidine groups is 2. The topological polar surface area (TPSA) is 124 Å². The van der Waals surface area contributed by atoms with Gasteiger partial charge in [-0.2, -0.15) is 0 Å². The van der Waals surface area contributed by atoms with Gasteiger partial charge in [0.05, 0.1) is 6.67 Å². The van der Waals surface area contributed by atoms with Crippen molar-refractivity contribution in [2.24, 2.45) is 16.5 Å². The van der Waals surface area contributed by atoms with Gasteiger partial charge >= 0.3 is 0 Å². The summed E-state index contributed by atoms with van der Waals surface area (Å²) in [7, 11) is 1.50. The van der Waals surface area contributed by atoms with E-state index >= 15 is 0 Å². The Morgan fingerprint density at radius 3 is 2.36 bits per heavy atom. The third-order valence-corrected chi connectivity index (χ3v) is 0.999. The van der Waals surface area contributed by atoms with Gasteiger partial charge in [0.1, 0.15) is 11.5 Å². The molecule has 0 heterocycles. The van der Waals surface area contributed by atoms with E-state index in [0.717, 1.165) is 0 Å². The van der Waals surface area contributed by atoms with Crippen molar-refractivity contribution in [1.29, 1.82) is 10.8 Å². The molecule has 0 spiro atoms. The van der Waals surface area contributed by atoms with Crippen LogP contribution in [0.5, 0.6) is 0 Å². The van der Waals surface area contributed by atoms with Gasteiger partial charge in [0.2, 0.25) is 0 Å². The van der Waals surface area contributed by atoms with E-state index in [1.165, 1.54) is 7.05 Å². The van der Waals surface area contributed by atoms with Crippen LogP contribution in [0.4, 0.5) is 0 Å². The molecule has 0 radical (unpaired) electrons. The highest BCUT2D eigenvalue weighted by atomic mass is 15.0. The lowest BCUT2D eigenvalue weighted by Crippen LogP contribution is -2.40. The standard InChI is InChI=1S/C5H12N6/c1-10-5(11-2-6)3(7)4(8)9/h7H,2,6H2,1H3,(H3,8,9)(H,10,11). The first-order valence-electron chi connectivity index (χ1n) is 2.97. The highest BCUT2D eigenvalue weighted by molar-refractivity contribution is 6.65. The lowest BCUT2D eigenvalue weighted by Gasteiger charge is -2.05. The monoisotopic (exact) mass is 156 g/mol. The fourth-order valence-corrected chi connectivity index (χ4v) is 0.503. The number of rotatable bonds is 3. The molecule has 0 bridgehead atoms. The minimum atomic E-state index is -0.327. The van der Waals surface area contributed by atoms with E-state index in [1.54, 1.807) is 0 Å². The lowest BCUT2D eigenvalue weighted by atomic mass is 10.3. The molecule has 0 saturated carbocycles. The summed E-state index contributed by atoms with van der Waals surface area (Å²) in [5, 5.41) is 16.7. The van der Waals surface area contributed by atoms with Crippen LogP contribution >= 0.6 is 0 Å². The summed E-state index contributed by atoms with van der Waals surface area (Å²) >= 11 is 0. The van der Waals surface area contributed by atoms with Crippen molar-refractivity contribution < 1.29 is 0 Å². The summed E-state index contributed by atoms with van der Waals surface area (Å²) in [5.41, 5.74) is 10.0. The molecule has 6 heteroatoms. The van der Waals surface area contributed by atoms with Crippen LogP contribution < -0.4 is 16.8 Å². The third-order valence-electron chi connectivity index (χ3n) is 0.999. The van der Waals surface area contributed by atoms with Gasteiger partial charge in [0.25, 0.3) is 0 Å². The molecule has 0 fully saturated rings. The normalized spacial score (nSPS) is 10.9. The van der Waals surface area contributed by atoms with Gasteiger partial charge in [0, 0.05) is 7.05 Å². The van der Waals surface area contributed by atoms with E-state index in [-0.39, 0.29) is 24.1 Å². The first-order valence-corrected chi connectivity index (χ1v) is 2.97. The molecule has 0 aromatic heterocycles. The number of hydrogen-bond donors (Lipinski definition) is 5. The number of nitrogens with one attached hydrogen (secondary N) is 3. The fourth-order valence-electron chi connectivity index (χ4n) is 0.503. The lowest BCUT2D eigenvalue weighted by molar-refractivity contribution is 0.931. The van der Waals surface area contributed by atoms with Crippen LogP contribution in [0.25, 0.3) is 0 Å². The van der Waals surface area contributed by atoms with Crippen LogP contribution in [-0.4, -0.2) is 31.1 Å². The van der Waals surface area contributed by atoms with Crippen LogP contribution in [0.3, 0.4) is 0 Å². The highest BCUT2D eigenvalue weighted by Gasteiger charge is 2.06. The summed E-state index contributed by atoms with van der Waals surface area (Å²) in [4.78, 5) is 3.68. The quantitative estimate of drug-likeness (QED) is 0.193. The minimum absolute atomic E-state index is 0.141. The van der Waals surface area contributed by atoms with Crippen LogP contribution in [0, 0.1) is 10.8 Å². The maximum absolute atomic E-state index is 7.21. The molecule has 0 aliphatic rings. The van der Waals surface area contributed by atoms with E-state index in [1.807, 2.05) is 0 Å². The van der Waals surface area contributed by atoms with Crippen molar-refractivity contribution in [3.05, 3.63) is 0 Å². The molecule has 0 unspecified atom stereocenters. The van der Waals surface area contributed by atoms with Crippen molar-refractivity contribution in [2.75, 3.05) is 13.7 Å². The molecular formula is C5H12N6. The number of hydrogen-bond acceptors (Lipinski definition) is 4. The predicted molar refractivity (Wildman–Crippen MR) is 45.2 cm³/mol. The molecule has 0 aliphatic heterocycles. The average molecular weight is 156 g/mol. The zero-order valence-corrected chi connectivity index (χ0v) is 6.31. The van der Waals surface area contributed by atoms with Gasteiger partial charge in [-0.25, -0.2) is 0 Å². The van der Waals surface area contributed by atoms with E-state index < -0.39 is 0 Å². The van der Waals surface area contributed by atoms with Gasteiger partial charge in [0.15, 0.2) is 5.84 Å². The summed E-state index contributed by atoms with van der Waals surface area (Å²) in [6, 6.07) is 0. The average Bonchev–Trinajstić information content (AvgIpc) is 1.98. The zero-order chi connectivity index (χ0) is 8.85. The Balaban J connectivity index is 4.28. The summed E-state index contributed by atoms with van der Waals surface area (Å²) in [5.74, 6) is -0.0912. The maximum Gasteiger partial charge on any atom is 0.151 e. The second-order valence-corrected chi connectivity index (χ2v) is 1.74. The number of nitrogens with zero attached hydrogens (tertiary/aromatic N) is 1. The summed E-state index contributed by atoms with van der Waals surface area (Å²) < 4.78 is 0. The second-order valence-electron chi connectivity index (χ2n) is 1.74. The van der Waals surface area contributed by atoms with Crippen LogP contribution in [-0.2, 0) is 0 Å². The highest BCUT2D eigenvalue weighted by Crippen LogP contribution is 1.75. The molecular weight excluding hydrogens is 144 g/mol. The molecule has 0 atom stereocenters. The Morgan fingerprint density at radius 2 is 2.09 bits per heavy atom. The Morgan fingerprint density at radius 1 is 1.55 bits per heavy atom. The molecule has 0 aliphatic carbocycles. The summed E-state index contributed by atoms with van der Waals surface area (Å²) in [6.07, 6.45) is 0. The minimum Gasteiger partial charge on any atom is -0.382 e. The van der Waals surface area contributed by atoms with Crippen LogP contribution in [0.15, 0.2) is 4.99 Å². The predicted octanol–water partition coefficient (Wildman–Crippen LogP) is -1.52. The molecule has 0 aromatic rings. The Kier molecular flexibility index (Phi) is 3.82. The Hall–Kier alpha value is -1.43. The first kappa shape index (κ1) is 9.57. The second kappa shape index (κ2) is 4.40. The van der Waals surface area contributed by atoms with Crippen molar-refractivity contribution in [2.45, 2.75) is 0 Å². The molecule has 0 rings (SSSR count). The van der Waals surface area contributed by atoms with Gasteiger partial charge < -0.3 is 16.8 Å². The largest absolute Gasteiger partial charge is 0.382 e. The van der Waals surface area contributed by atoms with Crippen molar-refractivity contribution in [3.8, 4) is 0 Å². The maximum atomic E-state index is 7.21. The molecule has 11 heavy (non-hydrogen) atoms. The van der Waals surface area contributed by atoms with Crippen molar-refractivity contribution >= 4 is 17.4 Å². The van der Waals surface area contributed by atoms with Crippen molar-refractivity contribution in [1.82, 2.24) is 5.32 Å². The molecule has 62 valence electrons. The number of nitrogens with two attached hydrogens (primary N) is 2. The Labute approximate surface area is 64.7 Å². The van der Waals surface area contributed by atoms with Gasteiger partial charge in [-0.1, -0.05) is 0 Å². The Bertz CT molecular complexity index is 193. The molecule has 0 amide bonds. The number of aliphatic imine (C=N–C) groups is 1. The first-order chi connectivity index (χ1) is 5.13. The van der Waals surface area contributed by atoms with Crippen LogP contribution in [0.1, 0.15) is 0 Å². The molecule has 0 saturated heterocycles. The van der Waals surface area contributed by atoms with E-state index in [0.29, 0.717) is 0 Å². The SMILES string of the molecule is CN=C(NCN)C(=N)C(=N)N. The molecule has 7 N–H and O–H groups in total. The zero-order valence-electron chi connectivity index (χ0n) is 6.31. The van der Waals surface area contributed by atoms with E-state index in [9.17, 15) is 0 Å². The van der Waals surface area contributed by atoms with Gasteiger partial charge in [-0.05, 0) is 0 Å². The summed E-state index contributed by atoms with van der Waals surface area (Å²) in [6.45, 7) is 0.169. The van der Waals surface area contributed by atoms with Crippen LogP contribution in [0.2, 0.25) is 0 Å². The van der Waals surface area contributed by atoms with E-state index in [4.69, 9.17) is 22.3 Å². The van der Waals surface area contributed by atoms with E-state index in [2.05, 4.69) is 10.3 Å². The smallest absolute Gasteiger partial charge is 0.151 e. The van der Waals surface area contributed by atoms with Crippen molar-refractivity contribution in [3.63, 3.8) is 0 Å². The molecule has 0 aromatic carbocycles.